The van der Waals surface area contributed by atoms with Gasteiger partial charge in [0.1, 0.15) is 0 Å². The Labute approximate surface area is 102 Å². The molecule has 1 aromatic rings. The molecule has 1 saturated carbocycles. The minimum absolute atomic E-state index is 0.327. The van der Waals surface area contributed by atoms with E-state index in [0.29, 0.717) is 17.8 Å². The molecule has 1 heterocycles. The number of hydrogen-bond acceptors (Lipinski definition) is 5. The second kappa shape index (κ2) is 5.14. The SMILES string of the molecule is CCCc1nc(C2(N)CCC(OC)CC2)no1. The number of aryl methyl sites for hydroxylation is 1. The average molecular weight is 239 g/mol. The van der Waals surface area contributed by atoms with Gasteiger partial charge >= 0.3 is 0 Å². The van der Waals surface area contributed by atoms with E-state index in [9.17, 15) is 0 Å². The van der Waals surface area contributed by atoms with Crippen molar-refractivity contribution in [1.82, 2.24) is 10.1 Å². The topological polar surface area (TPSA) is 74.2 Å². The molecule has 1 aliphatic rings. The zero-order valence-electron chi connectivity index (χ0n) is 10.6. The van der Waals surface area contributed by atoms with Gasteiger partial charge < -0.3 is 15.0 Å². The molecule has 1 fully saturated rings. The van der Waals surface area contributed by atoms with Gasteiger partial charge in [0.2, 0.25) is 5.89 Å². The summed E-state index contributed by atoms with van der Waals surface area (Å²) in [5.41, 5.74) is 5.94. The molecule has 0 spiro atoms. The second-order valence-corrected chi connectivity index (χ2v) is 4.85. The van der Waals surface area contributed by atoms with Gasteiger partial charge in [-0.3, -0.25) is 0 Å². The molecule has 5 heteroatoms. The van der Waals surface area contributed by atoms with Gasteiger partial charge in [0.05, 0.1) is 11.6 Å². The summed E-state index contributed by atoms with van der Waals surface area (Å²) in [7, 11) is 1.75. The first-order valence-corrected chi connectivity index (χ1v) is 6.32. The van der Waals surface area contributed by atoms with E-state index < -0.39 is 5.54 Å². The van der Waals surface area contributed by atoms with E-state index in [0.717, 1.165) is 38.5 Å². The molecule has 0 saturated heterocycles. The van der Waals surface area contributed by atoms with Crippen molar-refractivity contribution in [2.75, 3.05) is 7.11 Å². The lowest BCUT2D eigenvalue weighted by Crippen LogP contribution is -2.42. The molecule has 1 aromatic heterocycles. The number of nitrogens with two attached hydrogens (primary N) is 1. The van der Waals surface area contributed by atoms with Crippen molar-refractivity contribution in [3.05, 3.63) is 11.7 Å². The Morgan fingerprint density at radius 1 is 1.47 bits per heavy atom. The Hall–Kier alpha value is -0.940. The predicted molar refractivity (Wildman–Crippen MR) is 63.4 cm³/mol. The van der Waals surface area contributed by atoms with E-state index in [4.69, 9.17) is 15.0 Å². The summed E-state index contributed by atoms with van der Waals surface area (Å²) >= 11 is 0. The van der Waals surface area contributed by atoms with Gasteiger partial charge in [-0.15, -0.1) is 0 Å². The van der Waals surface area contributed by atoms with Crippen molar-refractivity contribution in [2.24, 2.45) is 5.73 Å². The van der Waals surface area contributed by atoms with Gasteiger partial charge in [-0.2, -0.15) is 4.98 Å². The van der Waals surface area contributed by atoms with Crippen LogP contribution in [0.2, 0.25) is 0 Å². The van der Waals surface area contributed by atoms with Crippen LogP contribution in [0.25, 0.3) is 0 Å². The van der Waals surface area contributed by atoms with Crippen LogP contribution >= 0.6 is 0 Å². The number of nitrogens with zero attached hydrogens (tertiary/aromatic N) is 2. The molecule has 0 atom stereocenters. The maximum absolute atomic E-state index is 6.37. The zero-order chi connectivity index (χ0) is 12.3. The number of aromatic nitrogens is 2. The fourth-order valence-corrected chi connectivity index (χ4v) is 2.34. The molecular weight excluding hydrogens is 218 g/mol. The monoisotopic (exact) mass is 239 g/mol. The maximum atomic E-state index is 6.37. The fourth-order valence-electron chi connectivity index (χ4n) is 2.34. The highest BCUT2D eigenvalue weighted by molar-refractivity contribution is 5.06. The van der Waals surface area contributed by atoms with Crippen LogP contribution in [0.3, 0.4) is 0 Å². The predicted octanol–water partition coefficient (Wildman–Crippen LogP) is 1.77. The molecule has 17 heavy (non-hydrogen) atoms. The number of rotatable bonds is 4. The molecule has 0 bridgehead atoms. The van der Waals surface area contributed by atoms with Crippen LogP contribution in [0, 0.1) is 0 Å². The highest BCUT2D eigenvalue weighted by Crippen LogP contribution is 2.34. The van der Waals surface area contributed by atoms with E-state index in [1.165, 1.54) is 0 Å². The molecule has 0 radical (unpaired) electrons. The Bertz CT molecular complexity index is 356. The third kappa shape index (κ3) is 2.66. The molecule has 2 rings (SSSR count). The summed E-state index contributed by atoms with van der Waals surface area (Å²) in [4.78, 5) is 4.40. The zero-order valence-corrected chi connectivity index (χ0v) is 10.6. The fraction of sp³-hybridized carbons (Fsp3) is 0.833. The third-order valence-electron chi connectivity index (χ3n) is 3.54. The highest BCUT2D eigenvalue weighted by Gasteiger charge is 2.37. The Morgan fingerprint density at radius 2 is 2.18 bits per heavy atom. The average Bonchev–Trinajstić information content (AvgIpc) is 2.80. The smallest absolute Gasteiger partial charge is 0.226 e. The lowest BCUT2D eigenvalue weighted by Gasteiger charge is -2.33. The number of methoxy groups -OCH3 is 1. The van der Waals surface area contributed by atoms with Crippen LogP contribution in [-0.2, 0) is 16.7 Å². The summed E-state index contributed by atoms with van der Waals surface area (Å²) in [6.45, 7) is 2.09. The van der Waals surface area contributed by atoms with E-state index in [1.807, 2.05) is 0 Å². The second-order valence-electron chi connectivity index (χ2n) is 4.85. The van der Waals surface area contributed by atoms with Crippen molar-refractivity contribution < 1.29 is 9.26 Å². The standard InChI is InChI=1S/C12H21N3O2/c1-3-4-10-14-11(15-17-10)12(13)7-5-9(16-2)6-8-12/h9H,3-8,13H2,1-2H3. The van der Waals surface area contributed by atoms with Gasteiger partial charge in [0.25, 0.3) is 0 Å². The Morgan fingerprint density at radius 3 is 2.76 bits per heavy atom. The van der Waals surface area contributed by atoms with Crippen LogP contribution in [0.4, 0.5) is 0 Å². The van der Waals surface area contributed by atoms with Crippen molar-refractivity contribution in [3.8, 4) is 0 Å². The number of ether oxygens (including phenoxy) is 1. The largest absolute Gasteiger partial charge is 0.381 e. The maximum Gasteiger partial charge on any atom is 0.226 e. The van der Waals surface area contributed by atoms with Crippen LogP contribution in [0.5, 0.6) is 0 Å². The summed E-state index contributed by atoms with van der Waals surface area (Å²) in [5, 5.41) is 4.03. The molecular formula is C12H21N3O2. The van der Waals surface area contributed by atoms with Crippen LogP contribution in [0.15, 0.2) is 4.52 Å². The van der Waals surface area contributed by atoms with E-state index in [1.54, 1.807) is 7.11 Å². The molecule has 0 unspecified atom stereocenters. The van der Waals surface area contributed by atoms with Gasteiger partial charge in [-0.1, -0.05) is 12.1 Å². The summed E-state index contributed by atoms with van der Waals surface area (Å²) in [5.74, 6) is 1.36. The summed E-state index contributed by atoms with van der Waals surface area (Å²) in [6.07, 6.45) is 5.80. The van der Waals surface area contributed by atoms with Crippen molar-refractivity contribution in [1.29, 1.82) is 0 Å². The molecule has 1 aliphatic carbocycles. The number of hydrogen-bond donors (Lipinski definition) is 1. The first-order valence-electron chi connectivity index (χ1n) is 6.32. The molecule has 0 aromatic carbocycles. The van der Waals surface area contributed by atoms with Gasteiger partial charge in [0, 0.05) is 13.5 Å². The lowest BCUT2D eigenvalue weighted by atomic mass is 9.80. The first-order chi connectivity index (χ1) is 8.18. The van der Waals surface area contributed by atoms with Gasteiger partial charge in [-0.25, -0.2) is 0 Å². The molecule has 2 N–H and O–H groups in total. The molecule has 96 valence electrons. The Balaban J connectivity index is 2.05. The van der Waals surface area contributed by atoms with E-state index >= 15 is 0 Å². The lowest BCUT2D eigenvalue weighted by molar-refractivity contribution is 0.0472. The van der Waals surface area contributed by atoms with E-state index in [-0.39, 0.29) is 0 Å². The van der Waals surface area contributed by atoms with Crippen LogP contribution in [0.1, 0.15) is 50.7 Å². The van der Waals surface area contributed by atoms with Crippen LogP contribution in [-0.4, -0.2) is 23.4 Å². The molecule has 0 amide bonds. The molecule has 5 nitrogen and oxygen atoms in total. The molecule has 0 aliphatic heterocycles. The highest BCUT2D eigenvalue weighted by atomic mass is 16.5. The summed E-state index contributed by atoms with van der Waals surface area (Å²) in [6, 6.07) is 0. The van der Waals surface area contributed by atoms with Crippen LogP contribution < -0.4 is 5.73 Å². The van der Waals surface area contributed by atoms with Crippen molar-refractivity contribution in [2.45, 2.75) is 57.1 Å². The quantitative estimate of drug-likeness (QED) is 0.866. The van der Waals surface area contributed by atoms with Gasteiger partial charge in [-0.05, 0) is 32.1 Å². The summed E-state index contributed by atoms with van der Waals surface area (Å²) < 4.78 is 10.5. The van der Waals surface area contributed by atoms with E-state index in [2.05, 4.69) is 17.1 Å². The first kappa shape index (κ1) is 12.5. The minimum Gasteiger partial charge on any atom is -0.381 e. The minimum atomic E-state index is -0.426. The Kier molecular flexibility index (Phi) is 3.79. The van der Waals surface area contributed by atoms with Gasteiger partial charge in [0.15, 0.2) is 5.82 Å². The normalized spacial score (nSPS) is 29.5. The third-order valence-corrected chi connectivity index (χ3v) is 3.54. The van der Waals surface area contributed by atoms with Crippen molar-refractivity contribution in [3.63, 3.8) is 0 Å². The van der Waals surface area contributed by atoms with Crippen molar-refractivity contribution >= 4 is 0 Å².